The number of aromatic nitrogens is 2. The summed E-state index contributed by atoms with van der Waals surface area (Å²) in [5.74, 6) is 0.164. The van der Waals surface area contributed by atoms with E-state index in [9.17, 15) is 4.39 Å². The predicted octanol–water partition coefficient (Wildman–Crippen LogP) is 2.13. The predicted molar refractivity (Wildman–Crippen MR) is 57.4 cm³/mol. The van der Waals surface area contributed by atoms with Crippen LogP contribution in [0.4, 0.5) is 4.39 Å². The van der Waals surface area contributed by atoms with Gasteiger partial charge in [-0.2, -0.15) is 0 Å². The highest BCUT2D eigenvalue weighted by Crippen LogP contribution is 2.30. The third-order valence-electron chi connectivity index (χ3n) is 1.98. The van der Waals surface area contributed by atoms with Gasteiger partial charge in [0.15, 0.2) is 0 Å². The normalized spacial score (nSPS) is 10.7. The van der Waals surface area contributed by atoms with Crippen molar-refractivity contribution in [2.75, 3.05) is 0 Å². The third kappa shape index (κ3) is 2.23. The first-order valence-corrected chi connectivity index (χ1v) is 5.48. The zero-order chi connectivity index (χ0) is 11.5. The molecule has 84 valence electrons. The zero-order valence-electron chi connectivity index (χ0n) is 8.61. The molecular formula is C10H10FN3OS. The van der Waals surface area contributed by atoms with Crippen LogP contribution in [-0.4, -0.2) is 10.2 Å². The van der Waals surface area contributed by atoms with E-state index in [0.29, 0.717) is 21.6 Å². The Labute approximate surface area is 96.0 Å². The van der Waals surface area contributed by atoms with Crippen LogP contribution in [-0.2, 0) is 6.54 Å². The number of rotatable bonds is 3. The monoisotopic (exact) mass is 239 g/mol. The van der Waals surface area contributed by atoms with Crippen molar-refractivity contribution in [3.05, 3.63) is 35.5 Å². The van der Waals surface area contributed by atoms with Crippen LogP contribution in [0.2, 0.25) is 0 Å². The number of aryl methyl sites for hydroxylation is 1. The van der Waals surface area contributed by atoms with E-state index >= 15 is 0 Å². The lowest BCUT2D eigenvalue weighted by Gasteiger charge is -2.05. The molecule has 4 nitrogen and oxygen atoms in total. The van der Waals surface area contributed by atoms with Crippen molar-refractivity contribution >= 4 is 11.8 Å². The zero-order valence-corrected chi connectivity index (χ0v) is 9.42. The molecule has 2 N–H and O–H groups in total. The standard InChI is InChI=1S/C10H10FN3OS/c1-6-13-14-10(15-6)16-9-4-2-3-8(11)7(9)5-12/h2-4H,5,12H2,1H3. The van der Waals surface area contributed by atoms with Crippen molar-refractivity contribution in [2.45, 2.75) is 23.6 Å². The summed E-state index contributed by atoms with van der Waals surface area (Å²) in [6.07, 6.45) is 0. The Kier molecular flexibility index (Phi) is 3.21. The summed E-state index contributed by atoms with van der Waals surface area (Å²) < 4.78 is 18.6. The van der Waals surface area contributed by atoms with Gasteiger partial charge >= 0.3 is 0 Å². The Morgan fingerprint density at radius 1 is 1.44 bits per heavy atom. The molecule has 0 spiro atoms. The number of nitrogens with zero attached hydrogens (tertiary/aromatic N) is 2. The smallest absolute Gasteiger partial charge is 0.281 e. The van der Waals surface area contributed by atoms with Gasteiger partial charge in [0.05, 0.1) is 0 Å². The molecule has 0 unspecified atom stereocenters. The molecule has 16 heavy (non-hydrogen) atoms. The quantitative estimate of drug-likeness (QED) is 0.888. The van der Waals surface area contributed by atoms with Crippen molar-refractivity contribution < 1.29 is 8.81 Å². The van der Waals surface area contributed by atoms with Gasteiger partial charge in [0.1, 0.15) is 5.82 Å². The second-order valence-corrected chi connectivity index (χ2v) is 4.10. The van der Waals surface area contributed by atoms with E-state index in [2.05, 4.69) is 10.2 Å². The van der Waals surface area contributed by atoms with E-state index in [1.807, 2.05) is 0 Å². The first-order valence-electron chi connectivity index (χ1n) is 4.66. The summed E-state index contributed by atoms with van der Waals surface area (Å²) >= 11 is 1.21. The van der Waals surface area contributed by atoms with Crippen molar-refractivity contribution in [1.29, 1.82) is 0 Å². The lowest BCUT2D eigenvalue weighted by atomic mass is 10.2. The number of halogens is 1. The maximum absolute atomic E-state index is 13.4. The maximum atomic E-state index is 13.4. The highest BCUT2D eigenvalue weighted by Gasteiger charge is 2.11. The van der Waals surface area contributed by atoms with E-state index < -0.39 is 0 Å². The molecule has 0 fully saturated rings. The van der Waals surface area contributed by atoms with E-state index in [4.69, 9.17) is 10.2 Å². The van der Waals surface area contributed by atoms with Gasteiger partial charge in [0, 0.05) is 23.9 Å². The van der Waals surface area contributed by atoms with Gasteiger partial charge in [-0.25, -0.2) is 4.39 Å². The summed E-state index contributed by atoms with van der Waals surface area (Å²) in [5.41, 5.74) is 5.95. The second kappa shape index (κ2) is 4.63. The largest absolute Gasteiger partial charge is 0.416 e. The average Bonchev–Trinajstić information content (AvgIpc) is 2.64. The number of benzene rings is 1. The molecule has 0 amide bonds. The summed E-state index contributed by atoms with van der Waals surface area (Å²) in [5, 5.41) is 7.91. The number of hydrogen-bond acceptors (Lipinski definition) is 5. The van der Waals surface area contributed by atoms with Gasteiger partial charge in [-0.3, -0.25) is 0 Å². The van der Waals surface area contributed by atoms with E-state index in [1.54, 1.807) is 19.1 Å². The van der Waals surface area contributed by atoms with Crippen molar-refractivity contribution in [3.8, 4) is 0 Å². The van der Waals surface area contributed by atoms with Crippen LogP contribution in [0, 0.1) is 12.7 Å². The molecule has 0 aliphatic rings. The van der Waals surface area contributed by atoms with Crippen molar-refractivity contribution in [3.63, 3.8) is 0 Å². The van der Waals surface area contributed by atoms with Crippen molar-refractivity contribution in [2.24, 2.45) is 5.73 Å². The molecule has 0 atom stereocenters. The molecular weight excluding hydrogens is 229 g/mol. The summed E-state index contributed by atoms with van der Waals surface area (Å²) in [6, 6.07) is 4.78. The molecule has 1 heterocycles. The van der Waals surface area contributed by atoms with Crippen molar-refractivity contribution in [1.82, 2.24) is 10.2 Å². The summed E-state index contributed by atoms with van der Waals surface area (Å²) in [6.45, 7) is 1.84. The Hall–Kier alpha value is -1.40. The SMILES string of the molecule is Cc1nnc(Sc2cccc(F)c2CN)o1. The Balaban J connectivity index is 2.30. The minimum absolute atomic E-state index is 0.141. The second-order valence-electron chi connectivity index (χ2n) is 3.11. The van der Waals surface area contributed by atoms with E-state index in [0.717, 1.165) is 0 Å². The lowest BCUT2D eigenvalue weighted by molar-refractivity contribution is 0.429. The fraction of sp³-hybridized carbons (Fsp3) is 0.200. The molecule has 1 aromatic heterocycles. The first kappa shape index (κ1) is 11.1. The number of nitrogens with two attached hydrogens (primary N) is 1. The van der Waals surface area contributed by atoms with E-state index in [-0.39, 0.29) is 12.4 Å². The molecule has 0 radical (unpaired) electrons. The number of hydrogen-bond donors (Lipinski definition) is 1. The molecule has 2 aromatic rings. The molecule has 0 aliphatic heterocycles. The Morgan fingerprint density at radius 3 is 2.88 bits per heavy atom. The maximum Gasteiger partial charge on any atom is 0.281 e. The molecule has 0 saturated heterocycles. The van der Waals surface area contributed by atoms with Gasteiger partial charge in [-0.05, 0) is 23.9 Å². The summed E-state index contributed by atoms with van der Waals surface area (Å²) in [4.78, 5) is 0.700. The fourth-order valence-corrected chi connectivity index (χ4v) is 2.13. The van der Waals surface area contributed by atoms with Crippen LogP contribution in [0.1, 0.15) is 11.5 Å². The topological polar surface area (TPSA) is 64.9 Å². The highest BCUT2D eigenvalue weighted by atomic mass is 32.2. The van der Waals surface area contributed by atoms with Crippen LogP contribution in [0.15, 0.2) is 32.7 Å². The minimum atomic E-state index is -0.316. The molecule has 0 aliphatic carbocycles. The third-order valence-corrected chi connectivity index (χ3v) is 2.93. The van der Waals surface area contributed by atoms with Crippen LogP contribution >= 0.6 is 11.8 Å². The van der Waals surface area contributed by atoms with Gasteiger partial charge in [0.25, 0.3) is 5.22 Å². The van der Waals surface area contributed by atoms with Crippen LogP contribution in [0.25, 0.3) is 0 Å². The molecule has 0 saturated carbocycles. The van der Waals surface area contributed by atoms with Gasteiger partial charge in [-0.15, -0.1) is 10.2 Å². The summed E-state index contributed by atoms with van der Waals surface area (Å²) in [7, 11) is 0. The molecule has 6 heteroatoms. The minimum Gasteiger partial charge on any atom is -0.416 e. The van der Waals surface area contributed by atoms with Crippen LogP contribution < -0.4 is 5.73 Å². The first-order chi connectivity index (χ1) is 7.70. The Bertz CT molecular complexity index is 501. The fourth-order valence-electron chi connectivity index (χ4n) is 1.25. The van der Waals surface area contributed by atoms with Crippen LogP contribution in [0.5, 0.6) is 0 Å². The lowest BCUT2D eigenvalue weighted by Crippen LogP contribution is -2.01. The van der Waals surface area contributed by atoms with Crippen LogP contribution in [0.3, 0.4) is 0 Å². The van der Waals surface area contributed by atoms with Gasteiger partial charge in [0.2, 0.25) is 5.89 Å². The van der Waals surface area contributed by atoms with E-state index in [1.165, 1.54) is 17.8 Å². The molecule has 1 aromatic carbocycles. The highest BCUT2D eigenvalue weighted by molar-refractivity contribution is 7.99. The molecule has 0 bridgehead atoms. The Morgan fingerprint density at radius 2 is 2.25 bits per heavy atom. The average molecular weight is 239 g/mol. The van der Waals surface area contributed by atoms with Gasteiger partial charge < -0.3 is 10.2 Å². The van der Waals surface area contributed by atoms with Gasteiger partial charge in [-0.1, -0.05) is 6.07 Å². The molecule has 2 rings (SSSR count).